The maximum absolute atomic E-state index is 15.7. The van der Waals surface area contributed by atoms with Crippen molar-refractivity contribution in [2.45, 2.75) is 94.7 Å². The molecule has 5 heterocycles. The number of aliphatic hydroxyl groups excluding tert-OH is 1. The Bertz CT molecular complexity index is 1500. The van der Waals surface area contributed by atoms with Crippen LogP contribution in [0.4, 0.5) is 15.1 Å². The number of H-pyrrole nitrogens is 1. The quantitative estimate of drug-likeness (QED) is 0.365. The number of fused-ring (bicyclic) bond motifs is 3. The minimum atomic E-state index is -0.665. The molecule has 2 aromatic heterocycles. The minimum absolute atomic E-state index is 0.00891. The van der Waals surface area contributed by atoms with Crippen molar-refractivity contribution in [3.63, 3.8) is 0 Å². The Balaban J connectivity index is 1.20. The van der Waals surface area contributed by atoms with E-state index in [2.05, 4.69) is 20.3 Å². The van der Waals surface area contributed by atoms with E-state index in [1.165, 1.54) is 12.3 Å². The highest BCUT2D eigenvalue weighted by molar-refractivity contribution is 6.33. The molecule has 10 nitrogen and oxygen atoms in total. The summed E-state index contributed by atoms with van der Waals surface area (Å²) >= 11 is 6.61. The molecule has 4 aliphatic rings. The molecule has 2 bridgehead atoms. The van der Waals surface area contributed by atoms with Crippen molar-refractivity contribution in [1.29, 1.82) is 0 Å². The average molecular weight is 585 g/mol. The zero-order chi connectivity index (χ0) is 28.4. The van der Waals surface area contributed by atoms with Gasteiger partial charge in [-0.15, -0.1) is 0 Å². The second-order valence-electron chi connectivity index (χ2n) is 12.1. The summed E-state index contributed by atoms with van der Waals surface area (Å²) in [5.41, 5.74) is 2.67. The third kappa shape index (κ3) is 5.02. The Labute approximate surface area is 242 Å². The van der Waals surface area contributed by atoms with E-state index in [0.29, 0.717) is 53.1 Å². The number of likely N-dealkylation sites (tertiary alicyclic amines) is 1. The van der Waals surface area contributed by atoms with Crippen LogP contribution in [0.25, 0.3) is 22.3 Å². The summed E-state index contributed by atoms with van der Waals surface area (Å²) < 4.78 is 27.0. The van der Waals surface area contributed by atoms with Gasteiger partial charge in [0.05, 0.1) is 40.7 Å². The van der Waals surface area contributed by atoms with Crippen molar-refractivity contribution >= 4 is 34.7 Å². The number of hydrogen-bond acceptors (Lipinski definition) is 8. The largest absolute Gasteiger partial charge is 0.446 e. The molecule has 218 valence electrons. The van der Waals surface area contributed by atoms with Crippen molar-refractivity contribution < 1.29 is 23.8 Å². The van der Waals surface area contributed by atoms with Gasteiger partial charge in [0, 0.05) is 24.6 Å². The van der Waals surface area contributed by atoms with Crippen molar-refractivity contribution in [2.75, 3.05) is 18.4 Å². The number of carbonyl (C=O) groups is 1. The molecule has 0 spiro atoms. The van der Waals surface area contributed by atoms with Gasteiger partial charge in [-0.05, 0) is 56.1 Å². The number of anilines is 1. The standard InChI is InChI=1S/C29H34ClFN6O4/c1-13(2)22-17(23-18(30)11-32-28(36-23)33-20-9-16-5-6-21(40-16)26(20)38)10-19(31)24-25(22)35-27(34-24)14-7-8-37(12-14)29(39)41-15-3-4-15/h10-11,13-16,20-21,26,38H,3-9,12H2,1-2H3,(H,34,35)(H,32,33,36)/t14-,16+,20+,21-,26-/m0/s1. The van der Waals surface area contributed by atoms with E-state index in [1.807, 2.05) is 13.8 Å². The number of aliphatic hydroxyl groups is 1. The maximum atomic E-state index is 15.7. The van der Waals surface area contributed by atoms with Gasteiger partial charge in [-0.2, -0.15) is 0 Å². The second kappa shape index (κ2) is 10.4. The predicted octanol–water partition coefficient (Wildman–Crippen LogP) is 5.12. The monoisotopic (exact) mass is 584 g/mol. The molecular weight excluding hydrogens is 551 g/mol. The summed E-state index contributed by atoms with van der Waals surface area (Å²) in [5, 5.41) is 14.3. The number of aromatic nitrogens is 4. The fourth-order valence-electron chi connectivity index (χ4n) is 6.48. The molecule has 3 aliphatic heterocycles. The van der Waals surface area contributed by atoms with E-state index in [0.717, 1.165) is 37.7 Å². The van der Waals surface area contributed by atoms with Crippen LogP contribution in [0, 0.1) is 5.82 Å². The van der Waals surface area contributed by atoms with Gasteiger partial charge in [0.25, 0.3) is 0 Å². The van der Waals surface area contributed by atoms with E-state index in [1.54, 1.807) is 4.90 Å². The van der Waals surface area contributed by atoms with E-state index >= 15 is 4.39 Å². The lowest BCUT2D eigenvalue weighted by atomic mass is 9.93. The number of carbonyl (C=O) groups excluding carboxylic acids is 1. The molecule has 0 unspecified atom stereocenters. The van der Waals surface area contributed by atoms with Crippen LogP contribution in [0.3, 0.4) is 0 Å². The first-order valence-electron chi connectivity index (χ1n) is 14.6. The lowest BCUT2D eigenvalue weighted by molar-refractivity contribution is -0.0811. The lowest BCUT2D eigenvalue weighted by Crippen LogP contribution is -2.47. The first-order valence-corrected chi connectivity index (χ1v) is 14.9. The lowest BCUT2D eigenvalue weighted by Gasteiger charge is -2.34. The third-order valence-corrected chi connectivity index (χ3v) is 9.02. The van der Waals surface area contributed by atoms with Crippen LogP contribution in [-0.4, -0.2) is 79.6 Å². The molecule has 1 saturated carbocycles. The molecule has 3 N–H and O–H groups in total. The zero-order valence-corrected chi connectivity index (χ0v) is 23.8. The SMILES string of the molecule is CC(C)c1c(-c2nc(N[C@@H]3C[C@H]4CC[C@H](O4)[C@H]3O)ncc2Cl)cc(F)c2nc([C@H]3CCN(C(=O)OC4CC4)C3)[nH]c12. The predicted molar refractivity (Wildman–Crippen MR) is 151 cm³/mol. The summed E-state index contributed by atoms with van der Waals surface area (Å²) in [7, 11) is 0. The molecule has 7 rings (SSSR count). The van der Waals surface area contributed by atoms with E-state index in [-0.39, 0.29) is 47.8 Å². The molecule has 1 aromatic carbocycles. The number of aromatic amines is 1. The van der Waals surface area contributed by atoms with Crippen LogP contribution < -0.4 is 5.32 Å². The fraction of sp³-hybridized carbons (Fsp3) is 0.586. The molecule has 41 heavy (non-hydrogen) atoms. The van der Waals surface area contributed by atoms with Crippen LogP contribution in [0.15, 0.2) is 12.3 Å². The highest BCUT2D eigenvalue weighted by atomic mass is 35.5. The van der Waals surface area contributed by atoms with Crippen molar-refractivity contribution in [1.82, 2.24) is 24.8 Å². The van der Waals surface area contributed by atoms with Gasteiger partial charge in [-0.3, -0.25) is 0 Å². The first kappa shape index (κ1) is 26.9. The molecule has 12 heteroatoms. The first-order chi connectivity index (χ1) is 19.7. The van der Waals surface area contributed by atoms with Gasteiger partial charge in [0.15, 0.2) is 5.82 Å². The molecular formula is C29H34ClFN6O4. The van der Waals surface area contributed by atoms with Crippen LogP contribution >= 0.6 is 11.6 Å². The highest BCUT2D eigenvalue weighted by Gasteiger charge is 2.42. The van der Waals surface area contributed by atoms with Gasteiger partial charge >= 0.3 is 6.09 Å². The summed E-state index contributed by atoms with van der Waals surface area (Å²) in [6.45, 7) is 5.12. The topological polar surface area (TPSA) is 125 Å². The number of hydrogen-bond donors (Lipinski definition) is 3. The van der Waals surface area contributed by atoms with Crippen LogP contribution in [0.2, 0.25) is 5.02 Å². The molecule has 1 aliphatic carbocycles. The van der Waals surface area contributed by atoms with Gasteiger partial charge in [0.2, 0.25) is 5.95 Å². The summed E-state index contributed by atoms with van der Waals surface area (Å²) in [4.78, 5) is 31.3. The Morgan fingerprint density at radius 1 is 1.27 bits per heavy atom. The van der Waals surface area contributed by atoms with Gasteiger partial charge in [-0.1, -0.05) is 25.4 Å². The summed E-state index contributed by atoms with van der Waals surface area (Å²) in [5.74, 6) is 0.436. The van der Waals surface area contributed by atoms with Crippen LogP contribution in [0.1, 0.15) is 75.6 Å². The normalized spacial score (nSPS) is 27.7. The number of amides is 1. The summed E-state index contributed by atoms with van der Waals surface area (Å²) in [6.07, 6.45) is 5.53. The van der Waals surface area contributed by atoms with E-state index in [4.69, 9.17) is 26.1 Å². The number of rotatable bonds is 6. The number of ether oxygens (including phenoxy) is 2. The Morgan fingerprint density at radius 2 is 2.10 bits per heavy atom. The van der Waals surface area contributed by atoms with Crippen molar-refractivity contribution in [3.05, 3.63) is 34.5 Å². The van der Waals surface area contributed by atoms with Crippen molar-refractivity contribution in [3.8, 4) is 11.3 Å². The van der Waals surface area contributed by atoms with Gasteiger partial charge in [-0.25, -0.2) is 24.1 Å². The summed E-state index contributed by atoms with van der Waals surface area (Å²) in [6, 6.07) is 1.19. The highest BCUT2D eigenvalue weighted by Crippen LogP contribution is 2.40. The Kier molecular flexibility index (Phi) is 6.78. The minimum Gasteiger partial charge on any atom is -0.446 e. The van der Waals surface area contributed by atoms with E-state index < -0.39 is 11.9 Å². The van der Waals surface area contributed by atoms with Crippen LogP contribution in [0.5, 0.6) is 0 Å². The van der Waals surface area contributed by atoms with Crippen molar-refractivity contribution in [2.24, 2.45) is 0 Å². The number of benzene rings is 1. The van der Waals surface area contributed by atoms with E-state index in [9.17, 15) is 9.90 Å². The smallest absolute Gasteiger partial charge is 0.410 e. The Morgan fingerprint density at radius 3 is 2.88 bits per heavy atom. The van der Waals surface area contributed by atoms with Gasteiger partial charge in [0.1, 0.15) is 23.5 Å². The molecule has 1 amide bonds. The molecule has 3 saturated heterocycles. The molecule has 3 aromatic rings. The third-order valence-electron chi connectivity index (χ3n) is 8.75. The number of halogens is 2. The average Bonchev–Trinajstić information content (AvgIpc) is 3.32. The molecule has 4 fully saturated rings. The van der Waals surface area contributed by atoms with Gasteiger partial charge < -0.3 is 29.8 Å². The molecule has 0 radical (unpaired) electrons. The van der Waals surface area contributed by atoms with Crippen LogP contribution in [-0.2, 0) is 9.47 Å². The zero-order valence-electron chi connectivity index (χ0n) is 23.1. The molecule has 5 atom stereocenters. The fourth-order valence-corrected chi connectivity index (χ4v) is 6.68. The number of imidazole rings is 1. The number of nitrogens with zero attached hydrogens (tertiary/aromatic N) is 4. The Hall–Kier alpha value is -3.02. The second-order valence-corrected chi connectivity index (χ2v) is 12.5. The number of nitrogens with one attached hydrogen (secondary N) is 2. The maximum Gasteiger partial charge on any atom is 0.410 e.